The maximum absolute atomic E-state index is 13.4. The second kappa shape index (κ2) is 7.58. The quantitative estimate of drug-likeness (QED) is 0.769. The molecular formula is C14H19BrClFN2. The van der Waals surface area contributed by atoms with E-state index in [4.69, 9.17) is 11.6 Å². The van der Waals surface area contributed by atoms with Crippen molar-refractivity contribution in [1.82, 2.24) is 9.80 Å². The molecule has 0 aliphatic carbocycles. The molecule has 0 N–H and O–H groups in total. The van der Waals surface area contributed by atoms with Gasteiger partial charge < -0.3 is 4.90 Å². The van der Waals surface area contributed by atoms with Crippen LogP contribution in [-0.2, 0) is 6.54 Å². The molecule has 1 fully saturated rings. The smallest absolute Gasteiger partial charge is 0.124 e. The molecule has 1 aromatic rings. The molecule has 0 amide bonds. The fourth-order valence-electron chi connectivity index (χ4n) is 2.49. The average Bonchev–Trinajstić information content (AvgIpc) is 2.54. The Balaban J connectivity index is 1.92. The molecule has 0 spiro atoms. The Labute approximate surface area is 127 Å². The number of alkyl halides is 1. The Morgan fingerprint density at radius 2 is 1.84 bits per heavy atom. The molecule has 0 aromatic heterocycles. The minimum Gasteiger partial charge on any atom is -0.301 e. The van der Waals surface area contributed by atoms with Crippen molar-refractivity contribution in [3.05, 3.63) is 34.1 Å². The van der Waals surface area contributed by atoms with Gasteiger partial charge in [0.05, 0.1) is 0 Å². The highest BCUT2D eigenvalue weighted by atomic mass is 79.9. The van der Waals surface area contributed by atoms with Crippen LogP contribution in [-0.4, -0.2) is 48.4 Å². The number of rotatable bonds is 4. The number of benzene rings is 1. The minimum absolute atomic E-state index is 0.178. The van der Waals surface area contributed by atoms with E-state index >= 15 is 0 Å². The Kier molecular flexibility index (Phi) is 6.07. The first-order chi connectivity index (χ1) is 9.17. The molecule has 2 nitrogen and oxygen atoms in total. The van der Waals surface area contributed by atoms with Crippen LogP contribution in [0.2, 0.25) is 0 Å². The second-order valence-corrected chi connectivity index (χ2v) is 6.23. The van der Waals surface area contributed by atoms with Crippen molar-refractivity contribution in [1.29, 1.82) is 0 Å². The predicted molar refractivity (Wildman–Crippen MR) is 81.2 cm³/mol. The standard InChI is InChI=1S/C14H19BrClFN2/c15-13-8-12(9-14(17)10-13)11-19-4-1-3-18(5-2-16)6-7-19/h8-10H,1-7,11H2. The van der Waals surface area contributed by atoms with Crippen LogP contribution in [0.25, 0.3) is 0 Å². The molecule has 0 bridgehead atoms. The van der Waals surface area contributed by atoms with Gasteiger partial charge in [0.25, 0.3) is 0 Å². The fraction of sp³-hybridized carbons (Fsp3) is 0.571. The lowest BCUT2D eigenvalue weighted by molar-refractivity contribution is 0.258. The van der Waals surface area contributed by atoms with Gasteiger partial charge in [-0.1, -0.05) is 15.9 Å². The third kappa shape index (κ3) is 5.03. The van der Waals surface area contributed by atoms with Gasteiger partial charge >= 0.3 is 0 Å². The molecule has 2 rings (SSSR count). The molecule has 5 heteroatoms. The molecule has 106 valence electrons. The summed E-state index contributed by atoms with van der Waals surface area (Å²) in [5, 5.41) is 0. The summed E-state index contributed by atoms with van der Waals surface area (Å²) >= 11 is 9.13. The molecule has 0 unspecified atom stereocenters. The van der Waals surface area contributed by atoms with E-state index in [1.165, 1.54) is 6.07 Å². The lowest BCUT2D eigenvalue weighted by Gasteiger charge is -2.21. The summed E-state index contributed by atoms with van der Waals surface area (Å²) in [5.41, 5.74) is 1.03. The topological polar surface area (TPSA) is 6.48 Å². The predicted octanol–water partition coefficient (Wildman–Crippen LogP) is 3.33. The van der Waals surface area contributed by atoms with Crippen LogP contribution in [0.1, 0.15) is 12.0 Å². The van der Waals surface area contributed by atoms with E-state index < -0.39 is 0 Å². The molecule has 1 aliphatic heterocycles. The van der Waals surface area contributed by atoms with E-state index in [9.17, 15) is 4.39 Å². The maximum Gasteiger partial charge on any atom is 0.124 e. The average molecular weight is 350 g/mol. The van der Waals surface area contributed by atoms with Gasteiger partial charge in [0.2, 0.25) is 0 Å². The van der Waals surface area contributed by atoms with Crippen molar-refractivity contribution in [3.8, 4) is 0 Å². The van der Waals surface area contributed by atoms with Crippen LogP contribution in [0.5, 0.6) is 0 Å². The van der Waals surface area contributed by atoms with Crippen LogP contribution in [0.3, 0.4) is 0 Å². The number of halogens is 3. The molecular weight excluding hydrogens is 331 g/mol. The number of hydrogen-bond acceptors (Lipinski definition) is 2. The van der Waals surface area contributed by atoms with Crippen LogP contribution in [0, 0.1) is 5.82 Å². The Hall–Kier alpha value is -0.160. The maximum atomic E-state index is 13.4. The zero-order valence-electron chi connectivity index (χ0n) is 10.9. The van der Waals surface area contributed by atoms with Gasteiger partial charge in [0.1, 0.15) is 5.82 Å². The molecule has 0 atom stereocenters. The molecule has 1 saturated heterocycles. The van der Waals surface area contributed by atoms with Crippen molar-refractivity contribution in [3.63, 3.8) is 0 Å². The number of hydrogen-bond donors (Lipinski definition) is 0. The highest BCUT2D eigenvalue weighted by Gasteiger charge is 2.14. The fourth-order valence-corrected chi connectivity index (χ4v) is 3.24. The molecule has 0 saturated carbocycles. The summed E-state index contributed by atoms with van der Waals surface area (Å²) in [6.45, 7) is 6.00. The van der Waals surface area contributed by atoms with Crippen molar-refractivity contribution < 1.29 is 4.39 Å². The lowest BCUT2D eigenvalue weighted by atomic mass is 10.2. The van der Waals surface area contributed by atoms with Crippen LogP contribution < -0.4 is 0 Å². The summed E-state index contributed by atoms with van der Waals surface area (Å²) in [6, 6.07) is 5.10. The first-order valence-corrected chi connectivity index (χ1v) is 7.96. The normalized spacial score (nSPS) is 18.5. The highest BCUT2D eigenvalue weighted by molar-refractivity contribution is 9.10. The monoisotopic (exact) mass is 348 g/mol. The molecule has 1 aromatic carbocycles. The zero-order chi connectivity index (χ0) is 13.7. The van der Waals surface area contributed by atoms with Gasteiger partial charge in [0, 0.05) is 36.5 Å². The Bertz CT molecular complexity index is 396. The van der Waals surface area contributed by atoms with Gasteiger partial charge in [-0.2, -0.15) is 0 Å². The number of nitrogens with zero attached hydrogens (tertiary/aromatic N) is 2. The largest absolute Gasteiger partial charge is 0.301 e. The van der Waals surface area contributed by atoms with Crippen molar-refractivity contribution in [2.75, 3.05) is 38.6 Å². The van der Waals surface area contributed by atoms with Gasteiger partial charge in [-0.25, -0.2) is 4.39 Å². The second-order valence-electron chi connectivity index (χ2n) is 4.94. The molecule has 1 heterocycles. The molecule has 1 aliphatic rings. The van der Waals surface area contributed by atoms with Crippen molar-refractivity contribution in [2.24, 2.45) is 0 Å². The van der Waals surface area contributed by atoms with Gasteiger partial charge in [-0.05, 0) is 43.3 Å². The van der Waals surface area contributed by atoms with E-state index in [0.717, 1.165) is 55.7 Å². The third-order valence-corrected chi connectivity index (χ3v) is 4.04. The highest BCUT2D eigenvalue weighted by Crippen LogP contribution is 2.17. The summed E-state index contributed by atoms with van der Waals surface area (Å²) in [4.78, 5) is 4.78. The Morgan fingerprint density at radius 3 is 2.58 bits per heavy atom. The third-order valence-electron chi connectivity index (χ3n) is 3.41. The summed E-state index contributed by atoms with van der Waals surface area (Å²) in [5.74, 6) is 0.514. The van der Waals surface area contributed by atoms with E-state index in [1.807, 2.05) is 6.07 Å². The zero-order valence-corrected chi connectivity index (χ0v) is 13.3. The van der Waals surface area contributed by atoms with Crippen LogP contribution >= 0.6 is 27.5 Å². The summed E-state index contributed by atoms with van der Waals surface area (Å²) in [6.07, 6.45) is 1.15. The Morgan fingerprint density at radius 1 is 1.11 bits per heavy atom. The van der Waals surface area contributed by atoms with Crippen molar-refractivity contribution in [2.45, 2.75) is 13.0 Å². The summed E-state index contributed by atoms with van der Waals surface area (Å²) < 4.78 is 14.2. The van der Waals surface area contributed by atoms with E-state index in [2.05, 4.69) is 25.7 Å². The van der Waals surface area contributed by atoms with Gasteiger partial charge in [0.15, 0.2) is 0 Å². The van der Waals surface area contributed by atoms with Crippen LogP contribution in [0.15, 0.2) is 22.7 Å². The van der Waals surface area contributed by atoms with Crippen molar-refractivity contribution >= 4 is 27.5 Å². The molecule has 0 radical (unpaired) electrons. The first-order valence-electron chi connectivity index (χ1n) is 6.63. The molecule has 19 heavy (non-hydrogen) atoms. The van der Waals surface area contributed by atoms with E-state index in [-0.39, 0.29) is 5.82 Å². The minimum atomic E-state index is -0.178. The SMILES string of the molecule is Fc1cc(Br)cc(CN2CCCN(CCCl)CC2)c1. The lowest BCUT2D eigenvalue weighted by Crippen LogP contribution is -2.31. The first kappa shape index (κ1) is 15.2. The summed E-state index contributed by atoms with van der Waals surface area (Å²) in [7, 11) is 0. The van der Waals surface area contributed by atoms with Gasteiger partial charge in [-0.3, -0.25) is 4.90 Å². The van der Waals surface area contributed by atoms with E-state index in [1.54, 1.807) is 6.07 Å². The van der Waals surface area contributed by atoms with Crippen LogP contribution in [0.4, 0.5) is 4.39 Å². The van der Waals surface area contributed by atoms with E-state index in [0.29, 0.717) is 5.88 Å². The van der Waals surface area contributed by atoms with Gasteiger partial charge in [-0.15, -0.1) is 11.6 Å².